The number of rotatable bonds is 4. The summed E-state index contributed by atoms with van der Waals surface area (Å²) in [5.41, 5.74) is 6.28. The zero-order valence-electron chi connectivity index (χ0n) is 8.74. The molecule has 0 amide bonds. The van der Waals surface area contributed by atoms with Crippen molar-refractivity contribution in [1.29, 1.82) is 0 Å². The Morgan fingerprint density at radius 1 is 1.57 bits per heavy atom. The normalized spacial score (nSPS) is 11.4. The SMILES string of the molecule is CSC(C)(C)CNc1ncncc1N. The predicted molar refractivity (Wildman–Crippen MR) is 62.5 cm³/mol. The summed E-state index contributed by atoms with van der Waals surface area (Å²) in [7, 11) is 0. The number of aromatic nitrogens is 2. The molecular weight excluding hydrogens is 196 g/mol. The summed E-state index contributed by atoms with van der Waals surface area (Å²) < 4.78 is 0.178. The summed E-state index contributed by atoms with van der Waals surface area (Å²) >= 11 is 1.81. The first-order valence-corrected chi connectivity index (χ1v) is 5.62. The molecule has 1 aromatic rings. The highest BCUT2D eigenvalue weighted by Crippen LogP contribution is 2.22. The lowest BCUT2D eigenvalue weighted by molar-refractivity contribution is 0.750. The molecule has 0 spiro atoms. The fraction of sp³-hybridized carbons (Fsp3) is 0.556. The Morgan fingerprint density at radius 3 is 2.86 bits per heavy atom. The highest BCUT2D eigenvalue weighted by atomic mass is 32.2. The van der Waals surface area contributed by atoms with E-state index in [9.17, 15) is 0 Å². The second-order valence-corrected chi connectivity index (χ2v) is 5.16. The molecule has 0 aliphatic heterocycles. The van der Waals surface area contributed by atoms with Crippen molar-refractivity contribution in [2.24, 2.45) is 0 Å². The predicted octanol–water partition coefficient (Wildman–Crippen LogP) is 1.61. The van der Waals surface area contributed by atoms with Crippen LogP contribution in [-0.2, 0) is 0 Å². The van der Waals surface area contributed by atoms with Crippen LogP contribution in [0.4, 0.5) is 11.5 Å². The molecule has 78 valence electrons. The van der Waals surface area contributed by atoms with Crippen LogP contribution in [0.15, 0.2) is 12.5 Å². The maximum atomic E-state index is 5.70. The molecule has 4 nitrogen and oxygen atoms in total. The Balaban J connectivity index is 2.58. The quantitative estimate of drug-likeness (QED) is 0.794. The largest absolute Gasteiger partial charge is 0.394 e. The Kier molecular flexibility index (Phi) is 3.57. The third kappa shape index (κ3) is 3.06. The van der Waals surface area contributed by atoms with Crippen LogP contribution >= 0.6 is 11.8 Å². The molecule has 0 unspecified atom stereocenters. The molecule has 0 saturated heterocycles. The van der Waals surface area contributed by atoms with E-state index in [1.54, 1.807) is 18.0 Å². The zero-order chi connectivity index (χ0) is 10.6. The fourth-order valence-electron chi connectivity index (χ4n) is 0.857. The van der Waals surface area contributed by atoms with E-state index in [0.717, 1.165) is 6.54 Å². The van der Waals surface area contributed by atoms with Crippen LogP contribution < -0.4 is 11.1 Å². The summed E-state index contributed by atoms with van der Waals surface area (Å²) in [5, 5.41) is 3.21. The minimum absolute atomic E-state index is 0.178. The molecule has 0 aliphatic carbocycles. The van der Waals surface area contributed by atoms with E-state index in [0.29, 0.717) is 11.5 Å². The van der Waals surface area contributed by atoms with Gasteiger partial charge in [-0.3, -0.25) is 0 Å². The smallest absolute Gasteiger partial charge is 0.152 e. The molecule has 0 bridgehead atoms. The lowest BCUT2D eigenvalue weighted by atomic mass is 10.2. The maximum absolute atomic E-state index is 5.70. The lowest BCUT2D eigenvalue weighted by Crippen LogP contribution is -2.26. The van der Waals surface area contributed by atoms with Crippen LogP contribution in [0.5, 0.6) is 0 Å². The van der Waals surface area contributed by atoms with Crippen molar-refractivity contribution in [2.45, 2.75) is 18.6 Å². The summed E-state index contributed by atoms with van der Waals surface area (Å²) in [6, 6.07) is 0. The summed E-state index contributed by atoms with van der Waals surface area (Å²) in [6.45, 7) is 5.17. The molecular formula is C9H16N4S. The molecule has 0 atom stereocenters. The molecule has 1 rings (SSSR count). The minimum Gasteiger partial charge on any atom is -0.394 e. The highest BCUT2D eigenvalue weighted by Gasteiger charge is 2.15. The van der Waals surface area contributed by atoms with Gasteiger partial charge in [-0.2, -0.15) is 11.8 Å². The molecule has 3 N–H and O–H groups in total. The van der Waals surface area contributed by atoms with Crippen LogP contribution in [0.3, 0.4) is 0 Å². The van der Waals surface area contributed by atoms with Crippen molar-refractivity contribution in [1.82, 2.24) is 9.97 Å². The van der Waals surface area contributed by atoms with E-state index in [4.69, 9.17) is 5.73 Å². The van der Waals surface area contributed by atoms with Crippen molar-refractivity contribution in [2.75, 3.05) is 23.9 Å². The first-order valence-electron chi connectivity index (χ1n) is 4.40. The zero-order valence-corrected chi connectivity index (χ0v) is 9.56. The van der Waals surface area contributed by atoms with Gasteiger partial charge in [-0.1, -0.05) is 0 Å². The van der Waals surface area contributed by atoms with E-state index in [2.05, 4.69) is 35.4 Å². The van der Waals surface area contributed by atoms with Gasteiger partial charge in [0, 0.05) is 11.3 Å². The third-order valence-corrected chi connectivity index (χ3v) is 3.22. The van der Waals surface area contributed by atoms with E-state index < -0.39 is 0 Å². The molecule has 14 heavy (non-hydrogen) atoms. The Morgan fingerprint density at radius 2 is 2.29 bits per heavy atom. The first kappa shape index (κ1) is 11.1. The minimum atomic E-state index is 0.178. The van der Waals surface area contributed by atoms with Gasteiger partial charge in [0.1, 0.15) is 6.33 Å². The molecule has 0 aliphatic rings. The van der Waals surface area contributed by atoms with Crippen LogP contribution in [0.1, 0.15) is 13.8 Å². The van der Waals surface area contributed by atoms with Crippen LogP contribution in [-0.4, -0.2) is 27.5 Å². The highest BCUT2D eigenvalue weighted by molar-refractivity contribution is 7.99. The molecule has 1 aromatic heterocycles. The van der Waals surface area contributed by atoms with E-state index in [1.807, 2.05) is 0 Å². The van der Waals surface area contributed by atoms with Gasteiger partial charge in [0.25, 0.3) is 0 Å². The number of nitrogens with two attached hydrogens (primary N) is 1. The number of nitrogens with one attached hydrogen (secondary N) is 1. The molecule has 0 fully saturated rings. The standard InChI is InChI=1S/C9H16N4S/c1-9(2,14-3)5-12-8-7(10)4-11-6-13-8/h4,6H,5,10H2,1-3H3,(H,11,12,13). The second kappa shape index (κ2) is 4.50. The topological polar surface area (TPSA) is 63.8 Å². The Labute approximate surface area is 88.7 Å². The van der Waals surface area contributed by atoms with Crippen molar-refractivity contribution in [3.05, 3.63) is 12.5 Å². The van der Waals surface area contributed by atoms with Crippen molar-refractivity contribution < 1.29 is 0 Å². The van der Waals surface area contributed by atoms with E-state index in [1.165, 1.54) is 6.33 Å². The summed E-state index contributed by atoms with van der Waals surface area (Å²) in [6.07, 6.45) is 5.18. The number of anilines is 2. The van der Waals surface area contributed by atoms with Gasteiger partial charge < -0.3 is 11.1 Å². The van der Waals surface area contributed by atoms with E-state index >= 15 is 0 Å². The van der Waals surface area contributed by atoms with Gasteiger partial charge in [-0.25, -0.2) is 9.97 Å². The van der Waals surface area contributed by atoms with Gasteiger partial charge in [-0.05, 0) is 20.1 Å². The van der Waals surface area contributed by atoms with Gasteiger partial charge in [0.15, 0.2) is 5.82 Å². The summed E-state index contributed by atoms with van der Waals surface area (Å²) in [4.78, 5) is 7.89. The molecule has 0 aromatic carbocycles. The van der Waals surface area contributed by atoms with Gasteiger partial charge in [0.05, 0.1) is 11.9 Å². The van der Waals surface area contributed by atoms with E-state index in [-0.39, 0.29) is 4.75 Å². The Bertz CT molecular complexity index is 301. The maximum Gasteiger partial charge on any atom is 0.152 e. The monoisotopic (exact) mass is 212 g/mol. The number of nitrogen functional groups attached to an aromatic ring is 1. The number of thioether (sulfide) groups is 1. The Hall–Kier alpha value is -0.970. The number of nitrogens with zero attached hydrogens (tertiary/aromatic N) is 2. The van der Waals surface area contributed by atoms with Crippen LogP contribution in [0.2, 0.25) is 0 Å². The van der Waals surface area contributed by atoms with Crippen molar-refractivity contribution in [3.63, 3.8) is 0 Å². The lowest BCUT2D eigenvalue weighted by Gasteiger charge is -2.22. The van der Waals surface area contributed by atoms with Crippen LogP contribution in [0.25, 0.3) is 0 Å². The van der Waals surface area contributed by atoms with Gasteiger partial charge in [0.2, 0.25) is 0 Å². The average molecular weight is 212 g/mol. The second-order valence-electron chi connectivity index (χ2n) is 3.64. The number of hydrogen-bond acceptors (Lipinski definition) is 5. The fourth-order valence-corrected chi connectivity index (χ4v) is 1.07. The molecule has 0 radical (unpaired) electrons. The molecule has 1 heterocycles. The van der Waals surface area contributed by atoms with Crippen LogP contribution in [0, 0.1) is 0 Å². The van der Waals surface area contributed by atoms with Crippen molar-refractivity contribution in [3.8, 4) is 0 Å². The molecule has 0 saturated carbocycles. The first-order chi connectivity index (χ1) is 6.55. The van der Waals surface area contributed by atoms with Gasteiger partial charge >= 0.3 is 0 Å². The number of hydrogen-bond donors (Lipinski definition) is 2. The average Bonchev–Trinajstić information content (AvgIpc) is 2.17. The van der Waals surface area contributed by atoms with Gasteiger partial charge in [-0.15, -0.1) is 0 Å². The third-order valence-electron chi connectivity index (χ3n) is 1.97. The molecule has 5 heteroatoms. The summed E-state index contributed by atoms with van der Waals surface area (Å²) in [5.74, 6) is 0.710. The van der Waals surface area contributed by atoms with Crippen molar-refractivity contribution >= 4 is 23.3 Å².